The molecule has 0 spiro atoms. The van der Waals surface area contributed by atoms with E-state index in [2.05, 4.69) is 123 Å². The van der Waals surface area contributed by atoms with Gasteiger partial charge in [0.25, 0.3) is 0 Å². The van der Waals surface area contributed by atoms with Gasteiger partial charge in [-0.25, -0.2) is 4.57 Å². The second-order valence-corrected chi connectivity index (χ2v) is 20.3. The number of esters is 2. The maximum absolute atomic E-state index is 12.8. The van der Waals surface area contributed by atoms with Crippen molar-refractivity contribution in [3.63, 3.8) is 0 Å². The van der Waals surface area contributed by atoms with Crippen LogP contribution in [0.2, 0.25) is 0 Å². The number of rotatable bonds is 48. The summed E-state index contributed by atoms with van der Waals surface area (Å²) in [5.41, 5.74) is 0. The number of quaternary nitrogens is 1. The van der Waals surface area contributed by atoms with E-state index in [0.29, 0.717) is 17.4 Å². The van der Waals surface area contributed by atoms with Gasteiger partial charge in [0.05, 0.1) is 27.7 Å². The largest absolute Gasteiger partial charge is 0.472 e. The first-order valence-electron chi connectivity index (χ1n) is 27.1. The highest BCUT2D eigenvalue weighted by Gasteiger charge is 2.27. The van der Waals surface area contributed by atoms with E-state index in [9.17, 15) is 19.0 Å². The van der Waals surface area contributed by atoms with Gasteiger partial charge in [-0.05, 0) is 103 Å². The second kappa shape index (κ2) is 49.6. The number of carbonyl (C=O) groups excluding carboxylic acids is 2. The van der Waals surface area contributed by atoms with Crippen LogP contribution in [0.4, 0.5) is 0 Å². The van der Waals surface area contributed by atoms with Gasteiger partial charge < -0.3 is 18.9 Å². The highest BCUT2D eigenvalue weighted by molar-refractivity contribution is 7.47. The summed E-state index contributed by atoms with van der Waals surface area (Å²) in [6, 6.07) is 0. The molecule has 0 aromatic rings. The van der Waals surface area contributed by atoms with Gasteiger partial charge in [0, 0.05) is 12.8 Å². The molecule has 0 saturated heterocycles. The summed E-state index contributed by atoms with van der Waals surface area (Å²) in [6.45, 7) is 4.26. The monoisotopic (exact) mass is 983 g/mol. The Labute approximate surface area is 423 Å². The van der Waals surface area contributed by atoms with Crippen molar-refractivity contribution >= 4 is 19.8 Å². The summed E-state index contributed by atoms with van der Waals surface area (Å²) >= 11 is 0. The molecular formula is C59H101NO8P+. The number of hydrogen-bond donors (Lipinski definition) is 1. The number of allylic oxidation sites excluding steroid dienone is 18. The minimum Gasteiger partial charge on any atom is -0.462 e. The van der Waals surface area contributed by atoms with Crippen LogP contribution in [0.3, 0.4) is 0 Å². The van der Waals surface area contributed by atoms with Gasteiger partial charge in [-0.3, -0.25) is 18.6 Å². The lowest BCUT2D eigenvalue weighted by Crippen LogP contribution is -2.37. The Morgan fingerprint density at radius 1 is 0.464 bits per heavy atom. The van der Waals surface area contributed by atoms with E-state index < -0.39 is 26.5 Å². The lowest BCUT2D eigenvalue weighted by molar-refractivity contribution is -0.870. The first kappa shape index (κ1) is 65.7. The Morgan fingerprint density at radius 3 is 1.25 bits per heavy atom. The summed E-state index contributed by atoms with van der Waals surface area (Å²) in [5.74, 6) is -0.832. The molecule has 1 N–H and O–H groups in total. The third-order valence-corrected chi connectivity index (χ3v) is 12.0. The number of phosphoric acid groups is 1. The van der Waals surface area contributed by atoms with Crippen molar-refractivity contribution < 1.29 is 42.1 Å². The van der Waals surface area contributed by atoms with Crippen LogP contribution in [0.1, 0.15) is 200 Å². The Bertz CT molecular complexity index is 1530. The van der Waals surface area contributed by atoms with E-state index >= 15 is 0 Å². The third-order valence-electron chi connectivity index (χ3n) is 11.0. The molecule has 0 aliphatic carbocycles. The molecule has 2 unspecified atom stereocenters. The van der Waals surface area contributed by atoms with Crippen LogP contribution in [0.5, 0.6) is 0 Å². The number of ether oxygens (including phenoxy) is 2. The Kier molecular flexibility index (Phi) is 47.2. The van der Waals surface area contributed by atoms with E-state index in [4.69, 9.17) is 18.5 Å². The number of phosphoric ester groups is 1. The summed E-state index contributed by atoms with van der Waals surface area (Å²) in [7, 11) is 1.45. The Balaban J connectivity index is 4.25. The summed E-state index contributed by atoms with van der Waals surface area (Å²) in [6.07, 6.45) is 68.6. The molecule has 9 nitrogen and oxygen atoms in total. The number of hydrogen-bond acceptors (Lipinski definition) is 7. The van der Waals surface area contributed by atoms with E-state index in [1.165, 1.54) is 38.5 Å². The first-order chi connectivity index (χ1) is 33.5. The topological polar surface area (TPSA) is 108 Å². The highest BCUT2D eigenvalue weighted by Crippen LogP contribution is 2.43. The lowest BCUT2D eigenvalue weighted by atomic mass is 10.1. The fourth-order valence-corrected chi connectivity index (χ4v) is 7.59. The Morgan fingerprint density at radius 2 is 0.826 bits per heavy atom. The smallest absolute Gasteiger partial charge is 0.462 e. The van der Waals surface area contributed by atoms with Crippen molar-refractivity contribution in [2.75, 3.05) is 47.5 Å². The van der Waals surface area contributed by atoms with Gasteiger partial charge in [-0.2, -0.15) is 0 Å². The third kappa shape index (κ3) is 53.9. The quantitative estimate of drug-likeness (QED) is 0.0211. The molecule has 0 aliphatic heterocycles. The van der Waals surface area contributed by atoms with Gasteiger partial charge in [-0.15, -0.1) is 0 Å². The average molecular weight is 983 g/mol. The summed E-state index contributed by atoms with van der Waals surface area (Å²) < 4.78 is 34.4. The molecule has 10 heteroatoms. The van der Waals surface area contributed by atoms with Crippen molar-refractivity contribution in [2.45, 2.75) is 206 Å². The maximum atomic E-state index is 12.8. The molecule has 0 aromatic heterocycles. The van der Waals surface area contributed by atoms with Gasteiger partial charge in [0.1, 0.15) is 19.8 Å². The van der Waals surface area contributed by atoms with Crippen LogP contribution in [0.15, 0.2) is 109 Å². The molecule has 0 aromatic carbocycles. The molecule has 0 heterocycles. The van der Waals surface area contributed by atoms with E-state index in [-0.39, 0.29) is 32.0 Å². The Hall–Kier alpha value is -3.33. The van der Waals surface area contributed by atoms with E-state index in [1.54, 1.807) is 0 Å². The molecule has 0 amide bonds. The van der Waals surface area contributed by atoms with Crippen molar-refractivity contribution in [1.82, 2.24) is 0 Å². The first-order valence-corrected chi connectivity index (χ1v) is 28.6. The normalized spacial score (nSPS) is 14.2. The molecule has 0 fully saturated rings. The van der Waals surface area contributed by atoms with Crippen LogP contribution < -0.4 is 0 Å². The fourth-order valence-electron chi connectivity index (χ4n) is 6.85. The number of likely N-dealkylation sites (N-methyl/N-ethyl adjacent to an activating group) is 1. The molecule has 0 rings (SSSR count). The van der Waals surface area contributed by atoms with E-state index in [1.807, 2.05) is 21.1 Å². The zero-order chi connectivity index (χ0) is 50.6. The molecular weight excluding hydrogens is 882 g/mol. The van der Waals surface area contributed by atoms with Crippen molar-refractivity contribution in [3.8, 4) is 0 Å². The second-order valence-electron chi connectivity index (χ2n) is 18.9. The molecule has 2 atom stereocenters. The van der Waals surface area contributed by atoms with Crippen LogP contribution in [-0.2, 0) is 32.7 Å². The van der Waals surface area contributed by atoms with Crippen molar-refractivity contribution in [3.05, 3.63) is 109 Å². The zero-order valence-electron chi connectivity index (χ0n) is 44.5. The predicted molar refractivity (Wildman–Crippen MR) is 293 cm³/mol. The fraction of sp³-hybridized carbons (Fsp3) is 0.661. The standard InChI is InChI=1S/C59H100NO8P/c1-6-8-10-12-14-16-18-20-22-23-24-25-26-27-28-29-30-31-32-33-34-35-36-37-38-40-42-44-46-48-50-52-59(62)68-57(56-67-69(63,64)66-54-53-60(3,4)5)55-65-58(61)51-49-47-45-43-41-39-21-19-17-15-13-11-9-7-2/h8,10,14,16,19-22,24-25,27-28,30-31,33-34,36-37,57H,6-7,9,11-13,15,17-18,23,26,29,32,35,38-56H2,1-5H3/p+1/b10-8-,16-14-,21-19-,22-20-,25-24-,28-27-,31-30-,34-33-,37-36-. The summed E-state index contributed by atoms with van der Waals surface area (Å²) in [4.78, 5) is 35.6. The van der Waals surface area contributed by atoms with Crippen molar-refractivity contribution in [1.29, 1.82) is 0 Å². The lowest BCUT2D eigenvalue weighted by Gasteiger charge is -2.24. The van der Waals surface area contributed by atoms with Gasteiger partial charge >= 0.3 is 19.8 Å². The number of unbranched alkanes of at least 4 members (excludes halogenated alkanes) is 16. The van der Waals surface area contributed by atoms with Gasteiger partial charge in [-0.1, -0.05) is 194 Å². The van der Waals surface area contributed by atoms with Gasteiger partial charge in [0.2, 0.25) is 0 Å². The molecule has 69 heavy (non-hydrogen) atoms. The SMILES string of the molecule is CC/C=C\C/C=C\C/C=C\C/C=C\C/C=C\C/C=C\C/C=C\C/C=C\CCCCCCCCC(=O)OC(COC(=O)CCCCCCC/C=C\CCCCCCC)COP(=O)(O)OCC[N+](C)(C)C. The van der Waals surface area contributed by atoms with Crippen LogP contribution in [-0.4, -0.2) is 74.9 Å². The molecule has 0 saturated carbocycles. The number of carbonyl (C=O) groups is 2. The van der Waals surface area contributed by atoms with Crippen LogP contribution in [0, 0.1) is 0 Å². The highest BCUT2D eigenvalue weighted by atomic mass is 31.2. The van der Waals surface area contributed by atoms with Crippen LogP contribution >= 0.6 is 7.82 Å². The van der Waals surface area contributed by atoms with Gasteiger partial charge in [0.15, 0.2) is 6.10 Å². The molecule has 394 valence electrons. The van der Waals surface area contributed by atoms with E-state index in [0.717, 1.165) is 128 Å². The van der Waals surface area contributed by atoms with Crippen molar-refractivity contribution in [2.24, 2.45) is 0 Å². The zero-order valence-corrected chi connectivity index (χ0v) is 45.4. The minimum atomic E-state index is -4.39. The molecule has 0 bridgehead atoms. The maximum Gasteiger partial charge on any atom is 0.472 e. The average Bonchev–Trinajstić information content (AvgIpc) is 3.31. The predicted octanol–water partition coefficient (Wildman–Crippen LogP) is 16.6. The number of nitrogens with zero attached hydrogens (tertiary/aromatic N) is 1. The minimum absolute atomic E-state index is 0.0216. The molecule has 0 aliphatic rings. The summed E-state index contributed by atoms with van der Waals surface area (Å²) in [5, 5.41) is 0. The molecule has 0 radical (unpaired) electrons. The van der Waals surface area contributed by atoms with Crippen LogP contribution in [0.25, 0.3) is 0 Å².